The molecule has 0 saturated heterocycles. The second-order valence-corrected chi connectivity index (χ2v) is 5.21. The molecule has 0 fully saturated rings. The Morgan fingerprint density at radius 2 is 0.786 bits per heavy atom. The molecule has 0 unspecified atom stereocenters. The monoisotopic (exact) mass is 396 g/mol. The van der Waals surface area contributed by atoms with E-state index < -0.39 is 0 Å². The third-order valence-corrected chi connectivity index (χ3v) is 3.09. The van der Waals surface area contributed by atoms with E-state index in [9.17, 15) is 0 Å². The van der Waals surface area contributed by atoms with Gasteiger partial charge < -0.3 is 39.4 Å². The fraction of sp³-hybridized carbons (Fsp3) is 0.400. The van der Waals surface area contributed by atoms with E-state index in [0.29, 0.717) is 23.0 Å². The van der Waals surface area contributed by atoms with Crippen LogP contribution < -0.4 is 18.9 Å². The first-order valence-corrected chi connectivity index (χ1v) is 8.88. The molecule has 0 aliphatic rings. The van der Waals surface area contributed by atoms with Crippen molar-refractivity contribution < 1.29 is 39.4 Å². The van der Waals surface area contributed by atoms with E-state index in [1.165, 1.54) is 0 Å². The molecule has 28 heavy (non-hydrogen) atoms. The van der Waals surface area contributed by atoms with Crippen LogP contribution in [-0.4, -0.2) is 73.3 Å². The van der Waals surface area contributed by atoms with Gasteiger partial charge >= 0.3 is 0 Å². The number of aliphatic hydroxyl groups excluding tert-OH is 4. The summed E-state index contributed by atoms with van der Waals surface area (Å²) in [6.07, 6.45) is 0. The summed E-state index contributed by atoms with van der Waals surface area (Å²) >= 11 is 0. The summed E-state index contributed by atoms with van der Waals surface area (Å²) in [6.45, 7) is 0.987. The first-order valence-electron chi connectivity index (χ1n) is 8.88. The molecule has 4 N–H and O–H groups in total. The summed E-state index contributed by atoms with van der Waals surface area (Å²) in [5.74, 6) is 2.54. The minimum Gasteiger partial charge on any atom is -0.491 e. The summed E-state index contributed by atoms with van der Waals surface area (Å²) in [5, 5.41) is 34.2. The maximum absolute atomic E-state index is 8.59. The van der Waals surface area contributed by atoms with Crippen molar-refractivity contribution in [3.05, 3.63) is 48.5 Å². The molecule has 0 aliphatic carbocycles. The smallest absolute Gasteiger partial charge is 0.161 e. The lowest BCUT2D eigenvalue weighted by Crippen LogP contribution is -2.06. The van der Waals surface area contributed by atoms with Gasteiger partial charge in [-0.1, -0.05) is 12.1 Å². The Hall–Kier alpha value is -2.52. The molecule has 0 heterocycles. The van der Waals surface area contributed by atoms with E-state index in [1.54, 1.807) is 36.4 Å². The van der Waals surface area contributed by atoms with Gasteiger partial charge in [-0.15, -0.1) is 0 Å². The van der Waals surface area contributed by atoms with Crippen LogP contribution in [0.4, 0.5) is 0 Å². The van der Waals surface area contributed by atoms with Crippen molar-refractivity contribution in [3.63, 3.8) is 0 Å². The zero-order chi connectivity index (χ0) is 20.5. The molecule has 8 nitrogen and oxygen atoms in total. The van der Waals surface area contributed by atoms with Crippen LogP contribution in [0.15, 0.2) is 48.5 Å². The molecule has 0 atom stereocenters. The third-order valence-electron chi connectivity index (χ3n) is 3.09. The molecule has 0 aliphatic heterocycles. The molecule has 156 valence electrons. The normalized spacial score (nSPS) is 9.86. The number of para-hydroxylation sites is 2. The highest BCUT2D eigenvalue weighted by Crippen LogP contribution is 2.26. The van der Waals surface area contributed by atoms with Crippen molar-refractivity contribution >= 4 is 0 Å². The highest BCUT2D eigenvalue weighted by Gasteiger charge is 2.02. The highest BCUT2D eigenvalue weighted by molar-refractivity contribution is 5.39. The van der Waals surface area contributed by atoms with E-state index in [2.05, 4.69) is 0 Å². The Labute approximate surface area is 164 Å². The fourth-order valence-electron chi connectivity index (χ4n) is 1.96. The van der Waals surface area contributed by atoms with Crippen LogP contribution in [0, 0.1) is 0 Å². The highest BCUT2D eigenvalue weighted by atomic mass is 16.5. The topological polar surface area (TPSA) is 118 Å². The first-order chi connectivity index (χ1) is 13.7. The van der Waals surface area contributed by atoms with Gasteiger partial charge in [-0.2, -0.15) is 0 Å². The summed E-state index contributed by atoms with van der Waals surface area (Å²) in [5.41, 5.74) is 0. The van der Waals surface area contributed by atoms with Crippen LogP contribution in [0.3, 0.4) is 0 Å². The Morgan fingerprint density at radius 3 is 1.11 bits per heavy atom. The lowest BCUT2D eigenvalue weighted by atomic mass is 10.3. The molecule has 0 amide bonds. The number of hydrogen-bond donors (Lipinski definition) is 4. The van der Waals surface area contributed by atoms with E-state index in [1.807, 2.05) is 12.1 Å². The van der Waals surface area contributed by atoms with Crippen LogP contribution in [0.2, 0.25) is 0 Å². The lowest BCUT2D eigenvalue weighted by Gasteiger charge is -2.10. The van der Waals surface area contributed by atoms with Gasteiger partial charge in [0.1, 0.15) is 37.9 Å². The van der Waals surface area contributed by atoms with Crippen molar-refractivity contribution in [1.29, 1.82) is 0 Å². The second-order valence-electron chi connectivity index (χ2n) is 5.21. The minimum atomic E-state index is -0.0334. The van der Waals surface area contributed by atoms with E-state index >= 15 is 0 Å². The first kappa shape index (κ1) is 23.5. The number of rotatable bonds is 12. The molecule has 8 heteroatoms. The third kappa shape index (κ3) is 9.98. The molecule has 0 radical (unpaired) electrons. The standard InChI is InChI=1S/2C10H14O4/c11-5-7-13-9-1-2-10(4-3-9)14-8-6-12;11-5-7-13-9-3-1-2-4-10(9)14-8-6-12/h2*1-4,11-12H,5-8H2. The summed E-state index contributed by atoms with van der Waals surface area (Å²) in [4.78, 5) is 0. The van der Waals surface area contributed by atoms with Gasteiger partial charge in [-0.05, 0) is 36.4 Å². The van der Waals surface area contributed by atoms with Crippen LogP contribution in [-0.2, 0) is 0 Å². The van der Waals surface area contributed by atoms with Gasteiger partial charge in [0, 0.05) is 0 Å². The van der Waals surface area contributed by atoms with Crippen molar-refractivity contribution in [2.45, 2.75) is 0 Å². The number of benzene rings is 2. The van der Waals surface area contributed by atoms with Crippen molar-refractivity contribution in [1.82, 2.24) is 0 Å². The average Bonchev–Trinajstić information content (AvgIpc) is 2.75. The van der Waals surface area contributed by atoms with Crippen LogP contribution in [0.25, 0.3) is 0 Å². The van der Waals surface area contributed by atoms with E-state index in [4.69, 9.17) is 39.4 Å². The summed E-state index contributed by atoms with van der Waals surface area (Å²) < 4.78 is 20.8. The van der Waals surface area contributed by atoms with Crippen molar-refractivity contribution in [2.75, 3.05) is 52.9 Å². The van der Waals surface area contributed by atoms with Gasteiger partial charge in [0.05, 0.1) is 26.4 Å². The Bertz CT molecular complexity index is 564. The van der Waals surface area contributed by atoms with Gasteiger partial charge in [0.2, 0.25) is 0 Å². The molecule has 0 spiro atoms. The largest absolute Gasteiger partial charge is 0.491 e. The predicted octanol–water partition coefficient (Wildman–Crippen LogP) is 0.858. The maximum atomic E-state index is 8.59. The van der Waals surface area contributed by atoms with Crippen molar-refractivity contribution in [2.24, 2.45) is 0 Å². The summed E-state index contributed by atoms with van der Waals surface area (Å²) in [6, 6.07) is 14.2. The molecule has 0 saturated carbocycles. The molecule has 0 aromatic heterocycles. The molecule has 2 aromatic rings. The zero-order valence-electron chi connectivity index (χ0n) is 15.7. The van der Waals surface area contributed by atoms with Crippen molar-refractivity contribution in [3.8, 4) is 23.0 Å². The number of ether oxygens (including phenoxy) is 4. The number of aliphatic hydroxyl groups is 4. The fourth-order valence-corrected chi connectivity index (χ4v) is 1.96. The Morgan fingerprint density at radius 1 is 0.464 bits per heavy atom. The van der Waals surface area contributed by atoms with Crippen LogP contribution in [0.5, 0.6) is 23.0 Å². The van der Waals surface area contributed by atoms with Crippen LogP contribution >= 0.6 is 0 Å². The van der Waals surface area contributed by atoms with E-state index in [0.717, 1.165) is 0 Å². The zero-order valence-corrected chi connectivity index (χ0v) is 15.7. The quantitative estimate of drug-likeness (QED) is 0.417. The van der Waals surface area contributed by atoms with E-state index in [-0.39, 0.29) is 52.9 Å². The minimum absolute atomic E-state index is 0.00274. The summed E-state index contributed by atoms with van der Waals surface area (Å²) in [7, 11) is 0. The van der Waals surface area contributed by atoms with Gasteiger partial charge in [-0.3, -0.25) is 0 Å². The predicted molar refractivity (Wildman–Crippen MR) is 103 cm³/mol. The maximum Gasteiger partial charge on any atom is 0.161 e. The average molecular weight is 396 g/mol. The van der Waals surface area contributed by atoms with Crippen LogP contribution in [0.1, 0.15) is 0 Å². The Kier molecular flexibility index (Phi) is 13.0. The van der Waals surface area contributed by atoms with Gasteiger partial charge in [0.15, 0.2) is 11.5 Å². The molecule has 2 rings (SSSR count). The molecular formula is C20H28O8. The molecule has 0 bridgehead atoms. The molecular weight excluding hydrogens is 368 g/mol. The lowest BCUT2D eigenvalue weighted by molar-refractivity contribution is 0.178. The Balaban J connectivity index is 0.000000280. The SMILES string of the molecule is OCCOc1ccc(OCCO)cc1.OCCOc1ccccc1OCCO. The molecule has 2 aromatic carbocycles. The second kappa shape index (κ2) is 15.5. The van der Waals surface area contributed by atoms with Gasteiger partial charge in [-0.25, -0.2) is 0 Å². The van der Waals surface area contributed by atoms with Gasteiger partial charge in [0.25, 0.3) is 0 Å². The number of hydrogen-bond acceptors (Lipinski definition) is 8.